The Morgan fingerprint density at radius 1 is 0.870 bits per heavy atom. The van der Waals surface area contributed by atoms with Crippen molar-refractivity contribution < 1.29 is 9.36 Å². The molecule has 3 heteroatoms. The molecule has 3 rings (SSSR count). The van der Waals surface area contributed by atoms with Crippen molar-refractivity contribution in [2.75, 3.05) is 0 Å². The van der Waals surface area contributed by atoms with Crippen LogP contribution in [0.1, 0.15) is 15.9 Å². The molecule has 0 amide bonds. The largest absolute Gasteiger partial charge is 0.287 e. The van der Waals surface area contributed by atoms with E-state index in [9.17, 15) is 4.79 Å². The second-order valence-electron chi connectivity index (χ2n) is 5.24. The van der Waals surface area contributed by atoms with Gasteiger partial charge in [0.15, 0.2) is 12.4 Å². The quantitative estimate of drug-likeness (QED) is 0.547. The third-order valence-corrected chi connectivity index (χ3v) is 3.66. The van der Waals surface area contributed by atoms with Crippen molar-refractivity contribution >= 4 is 5.78 Å². The molecule has 0 aliphatic rings. The molecule has 0 saturated heterocycles. The minimum atomic E-state index is 0.0410. The molecule has 1 heterocycles. The number of nitrogens with zero attached hydrogens (tertiary/aromatic N) is 2. The third-order valence-electron chi connectivity index (χ3n) is 3.66. The molecule has 3 nitrogen and oxygen atoms in total. The standard InChI is InChI=1S/C20H15N2O/c21-14-16-10-12-22(13-11-16)15-20(23)19-8-6-18(7-9-19)17-4-2-1-3-5-17/h1-13H,15H2/q+1. The van der Waals surface area contributed by atoms with Gasteiger partial charge in [-0.3, -0.25) is 4.79 Å². The molecular formula is C20H15N2O+. The number of pyridine rings is 1. The fraction of sp³-hybridized carbons (Fsp3) is 0.0500. The van der Waals surface area contributed by atoms with Gasteiger partial charge in [-0.25, -0.2) is 0 Å². The van der Waals surface area contributed by atoms with Crippen LogP contribution >= 0.6 is 0 Å². The summed E-state index contributed by atoms with van der Waals surface area (Å²) >= 11 is 0. The summed E-state index contributed by atoms with van der Waals surface area (Å²) in [4.78, 5) is 12.3. The van der Waals surface area contributed by atoms with Crippen LogP contribution in [0, 0.1) is 11.3 Å². The number of nitriles is 1. The van der Waals surface area contributed by atoms with Crippen molar-refractivity contribution in [2.24, 2.45) is 0 Å². The number of Topliss-reactive ketones (excluding diaryl/α,β-unsaturated/α-hetero) is 1. The van der Waals surface area contributed by atoms with Crippen molar-refractivity contribution in [1.82, 2.24) is 0 Å². The minimum Gasteiger partial charge on any atom is -0.287 e. The van der Waals surface area contributed by atoms with Crippen LogP contribution in [0.25, 0.3) is 11.1 Å². The van der Waals surface area contributed by atoms with Crippen LogP contribution in [-0.2, 0) is 6.54 Å². The zero-order valence-corrected chi connectivity index (χ0v) is 12.5. The lowest BCUT2D eigenvalue weighted by Crippen LogP contribution is -2.37. The third kappa shape index (κ3) is 3.50. The van der Waals surface area contributed by atoms with E-state index in [1.165, 1.54) is 0 Å². The van der Waals surface area contributed by atoms with E-state index in [1.807, 2.05) is 54.6 Å². The van der Waals surface area contributed by atoms with Gasteiger partial charge < -0.3 is 0 Å². The summed E-state index contributed by atoms with van der Waals surface area (Å²) < 4.78 is 1.77. The SMILES string of the molecule is N#Cc1cc[n+](CC(=O)c2ccc(-c3ccccc3)cc2)cc1. The van der Waals surface area contributed by atoms with Gasteiger partial charge >= 0.3 is 0 Å². The summed E-state index contributed by atoms with van der Waals surface area (Å²) in [5, 5.41) is 8.78. The first-order chi connectivity index (χ1) is 11.3. The lowest BCUT2D eigenvalue weighted by Gasteiger charge is -2.03. The predicted molar refractivity (Wildman–Crippen MR) is 87.6 cm³/mol. The van der Waals surface area contributed by atoms with Gasteiger partial charge in [-0.15, -0.1) is 0 Å². The van der Waals surface area contributed by atoms with Gasteiger partial charge in [-0.1, -0.05) is 54.6 Å². The molecule has 3 aromatic rings. The Balaban J connectivity index is 1.74. The molecule has 23 heavy (non-hydrogen) atoms. The summed E-state index contributed by atoms with van der Waals surface area (Å²) in [7, 11) is 0. The maximum absolute atomic E-state index is 12.3. The molecule has 0 aliphatic carbocycles. The Labute approximate surface area is 135 Å². The first-order valence-electron chi connectivity index (χ1n) is 7.34. The van der Waals surface area contributed by atoms with Gasteiger partial charge in [-0.05, 0) is 11.1 Å². The Morgan fingerprint density at radius 2 is 1.48 bits per heavy atom. The first-order valence-corrected chi connectivity index (χ1v) is 7.34. The minimum absolute atomic E-state index is 0.0410. The highest BCUT2D eigenvalue weighted by molar-refractivity contribution is 5.95. The van der Waals surface area contributed by atoms with Gasteiger partial charge in [0.2, 0.25) is 12.3 Å². The average molecular weight is 299 g/mol. The molecule has 0 radical (unpaired) electrons. The maximum atomic E-state index is 12.3. The van der Waals surface area contributed by atoms with E-state index in [4.69, 9.17) is 5.26 Å². The molecule has 0 fully saturated rings. The Morgan fingerprint density at radius 3 is 2.09 bits per heavy atom. The van der Waals surface area contributed by atoms with Crippen molar-refractivity contribution in [3.8, 4) is 17.2 Å². The summed E-state index contributed by atoms with van der Waals surface area (Å²) in [6.45, 7) is 0.260. The van der Waals surface area contributed by atoms with Crippen molar-refractivity contribution in [3.63, 3.8) is 0 Å². The van der Waals surface area contributed by atoms with E-state index in [0.29, 0.717) is 11.1 Å². The molecule has 1 aromatic heterocycles. The number of hydrogen-bond acceptors (Lipinski definition) is 2. The zero-order chi connectivity index (χ0) is 16.1. The Kier molecular flexibility index (Phi) is 4.26. The normalized spacial score (nSPS) is 10.0. The first kappa shape index (κ1) is 14.7. The lowest BCUT2D eigenvalue weighted by molar-refractivity contribution is -0.683. The van der Waals surface area contributed by atoms with Crippen LogP contribution in [0.2, 0.25) is 0 Å². The number of ketones is 1. The summed E-state index contributed by atoms with van der Waals surface area (Å²) in [6, 6.07) is 23.2. The van der Waals surface area contributed by atoms with Gasteiger partial charge in [-0.2, -0.15) is 9.83 Å². The molecule has 0 aliphatic heterocycles. The highest BCUT2D eigenvalue weighted by Crippen LogP contribution is 2.19. The van der Waals surface area contributed by atoms with Crippen LogP contribution in [0.5, 0.6) is 0 Å². The van der Waals surface area contributed by atoms with Crippen molar-refractivity contribution in [2.45, 2.75) is 6.54 Å². The second kappa shape index (κ2) is 6.67. The number of rotatable bonds is 4. The molecule has 0 N–H and O–H groups in total. The molecule has 2 aromatic carbocycles. The van der Waals surface area contributed by atoms with E-state index < -0.39 is 0 Å². The van der Waals surface area contributed by atoms with E-state index in [2.05, 4.69) is 6.07 Å². The van der Waals surface area contributed by atoms with E-state index >= 15 is 0 Å². The topological polar surface area (TPSA) is 44.7 Å². The van der Waals surface area contributed by atoms with Crippen molar-refractivity contribution in [1.29, 1.82) is 5.26 Å². The number of carbonyl (C=O) groups is 1. The van der Waals surface area contributed by atoms with E-state index in [0.717, 1.165) is 11.1 Å². The molecule has 0 bridgehead atoms. The van der Waals surface area contributed by atoms with Gasteiger partial charge in [0, 0.05) is 17.7 Å². The fourth-order valence-electron chi connectivity index (χ4n) is 2.37. The second-order valence-corrected chi connectivity index (χ2v) is 5.24. The number of hydrogen-bond donors (Lipinski definition) is 0. The number of carbonyl (C=O) groups excluding carboxylic acids is 1. The van der Waals surface area contributed by atoms with Crippen LogP contribution in [0.15, 0.2) is 79.1 Å². The zero-order valence-electron chi connectivity index (χ0n) is 12.5. The highest BCUT2D eigenvalue weighted by Gasteiger charge is 2.12. The Bertz CT molecular complexity index is 845. The predicted octanol–water partition coefficient (Wildman–Crippen LogP) is 3.40. The molecule has 110 valence electrons. The van der Waals surface area contributed by atoms with Gasteiger partial charge in [0.25, 0.3) is 0 Å². The van der Waals surface area contributed by atoms with Crippen LogP contribution in [0.4, 0.5) is 0 Å². The smallest absolute Gasteiger partial charge is 0.227 e. The van der Waals surface area contributed by atoms with Gasteiger partial charge in [0.05, 0.1) is 11.6 Å². The maximum Gasteiger partial charge on any atom is 0.227 e. The molecule has 0 saturated carbocycles. The number of aromatic nitrogens is 1. The molecule has 0 atom stereocenters. The van der Waals surface area contributed by atoms with Crippen molar-refractivity contribution in [3.05, 3.63) is 90.3 Å². The molecule has 0 spiro atoms. The summed E-state index contributed by atoms with van der Waals surface area (Å²) in [6.07, 6.45) is 3.49. The van der Waals surface area contributed by atoms with E-state index in [-0.39, 0.29) is 12.3 Å². The van der Waals surface area contributed by atoms with E-state index in [1.54, 1.807) is 29.1 Å². The van der Waals surface area contributed by atoms with Gasteiger partial charge in [0.1, 0.15) is 0 Å². The van der Waals surface area contributed by atoms with Crippen LogP contribution < -0.4 is 4.57 Å². The average Bonchev–Trinajstić information content (AvgIpc) is 2.63. The number of benzene rings is 2. The monoisotopic (exact) mass is 299 g/mol. The van der Waals surface area contributed by atoms with Crippen LogP contribution in [-0.4, -0.2) is 5.78 Å². The Hall–Kier alpha value is -3.25. The molecular weight excluding hydrogens is 284 g/mol. The molecule has 0 unspecified atom stereocenters. The summed E-state index contributed by atoms with van der Waals surface area (Å²) in [5.74, 6) is 0.0410. The van der Waals surface area contributed by atoms with Crippen LogP contribution in [0.3, 0.4) is 0 Å². The lowest BCUT2D eigenvalue weighted by atomic mass is 10.0. The fourth-order valence-corrected chi connectivity index (χ4v) is 2.37. The highest BCUT2D eigenvalue weighted by atomic mass is 16.1. The summed E-state index contributed by atoms with van der Waals surface area (Å²) in [5.41, 5.74) is 3.49.